The van der Waals surface area contributed by atoms with Gasteiger partial charge in [0.15, 0.2) is 10.3 Å². The molecule has 67 heavy (non-hydrogen) atoms. The monoisotopic (exact) mass is 995 g/mol. The maximum atomic E-state index is 13.5. The number of H-pyrrole nitrogens is 1. The summed E-state index contributed by atoms with van der Waals surface area (Å²) in [6, 6.07) is -0.294. The first kappa shape index (κ1) is 57.3. The number of carbonyl (C=O) groups excluding carboxylic acids is 7. The van der Waals surface area contributed by atoms with Crippen molar-refractivity contribution in [3.05, 3.63) is 68.0 Å². The third-order valence-electron chi connectivity index (χ3n) is 9.50. The van der Waals surface area contributed by atoms with Gasteiger partial charge < -0.3 is 53.9 Å². The molecule has 21 nitrogen and oxygen atoms in total. The maximum Gasteiger partial charge on any atom is 0.407 e. The summed E-state index contributed by atoms with van der Waals surface area (Å²) in [4.78, 5) is 110. The molecule has 1 aromatic rings. The van der Waals surface area contributed by atoms with Crippen molar-refractivity contribution in [2.75, 3.05) is 70.9 Å². The summed E-state index contributed by atoms with van der Waals surface area (Å²) in [5.41, 5.74) is -4.04. The summed E-state index contributed by atoms with van der Waals surface area (Å²) < 4.78 is 38.3. The van der Waals surface area contributed by atoms with Gasteiger partial charge in [-0.25, -0.2) is 28.8 Å². The van der Waals surface area contributed by atoms with Crippen molar-refractivity contribution in [1.29, 1.82) is 0 Å². The van der Waals surface area contributed by atoms with Crippen molar-refractivity contribution in [3.63, 3.8) is 0 Å². The molecule has 0 aliphatic heterocycles. The van der Waals surface area contributed by atoms with Gasteiger partial charge in [-0.1, -0.05) is 77.2 Å². The van der Waals surface area contributed by atoms with E-state index in [4.69, 9.17) is 50.5 Å². The summed E-state index contributed by atoms with van der Waals surface area (Å²) in [5.74, 6) is -6.00. The number of hydrogen-bond donors (Lipinski definition) is 4. The van der Waals surface area contributed by atoms with Gasteiger partial charge in [0.1, 0.15) is 39.6 Å². The molecule has 1 saturated carbocycles. The van der Waals surface area contributed by atoms with Crippen LogP contribution in [-0.4, -0.2) is 145 Å². The lowest BCUT2D eigenvalue weighted by atomic mass is 9.62. The van der Waals surface area contributed by atoms with E-state index in [9.17, 15) is 38.4 Å². The van der Waals surface area contributed by atoms with Gasteiger partial charge in [0, 0.05) is 43.0 Å². The van der Waals surface area contributed by atoms with Gasteiger partial charge in [0.05, 0.1) is 35.5 Å². The van der Waals surface area contributed by atoms with Crippen molar-refractivity contribution in [2.45, 2.75) is 56.4 Å². The van der Waals surface area contributed by atoms with E-state index in [2.05, 4.69) is 58.5 Å². The summed E-state index contributed by atoms with van der Waals surface area (Å²) in [7, 11) is 0. The highest BCUT2D eigenvalue weighted by molar-refractivity contribution is 8.00. The van der Waals surface area contributed by atoms with E-state index < -0.39 is 111 Å². The van der Waals surface area contributed by atoms with Crippen LogP contribution in [0.3, 0.4) is 0 Å². The van der Waals surface area contributed by atoms with Gasteiger partial charge in [0.2, 0.25) is 10.7 Å². The van der Waals surface area contributed by atoms with E-state index in [0.29, 0.717) is 19.3 Å². The summed E-state index contributed by atoms with van der Waals surface area (Å²) in [6.07, 6.45) is 5.24. The number of carboxylic acid groups (broad SMARTS) is 1. The average Bonchev–Trinajstić information content (AvgIpc) is 3.28. The second kappa shape index (κ2) is 27.7. The molecule has 0 saturated heterocycles. The normalized spacial score (nSPS) is 16.4. The van der Waals surface area contributed by atoms with Gasteiger partial charge in [-0.05, 0) is 42.3 Å². The fourth-order valence-electron chi connectivity index (χ4n) is 6.83. The predicted molar refractivity (Wildman–Crippen MR) is 245 cm³/mol. The van der Waals surface area contributed by atoms with Crippen LogP contribution in [0.1, 0.15) is 40.0 Å². The van der Waals surface area contributed by atoms with Crippen LogP contribution in [-0.2, 0) is 66.7 Å². The standard InChI is InChI=1S/C43H57N5O16S3/c1-9-31(52)59-22-42(23-60-32(53)10-2,24-61-33(54)11-3)20-58-21-43(25-62-34(55)12-4,26-63-35(56)13-5)27-64-39(57)44-19-41(8)15-28(14-40(6,7)18-41)45-29(49)16-66-37-46-36(65)47-38(48-37)67-17-30(50)51/h9-13,28H,1-5,14-27H2,6-8H3,(H,44,57)(H,45,49)(H,50,51)(H,46,47,48,65). The second-order valence-corrected chi connectivity index (χ2v) is 18.8. The van der Waals surface area contributed by atoms with E-state index in [1.807, 2.05) is 20.8 Å². The number of alkyl carbamates (subject to hydrolysis) is 1. The third kappa shape index (κ3) is 22.0. The number of hydrogen-bond acceptors (Lipinski definition) is 20. The molecule has 2 unspecified atom stereocenters. The molecule has 0 bridgehead atoms. The Morgan fingerprint density at radius 3 is 1.58 bits per heavy atom. The lowest BCUT2D eigenvalue weighted by Crippen LogP contribution is -2.51. The van der Waals surface area contributed by atoms with Crippen molar-refractivity contribution in [1.82, 2.24) is 25.6 Å². The zero-order valence-electron chi connectivity index (χ0n) is 37.6. The van der Waals surface area contributed by atoms with Crippen LogP contribution in [0, 0.1) is 26.4 Å². The first-order chi connectivity index (χ1) is 31.5. The van der Waals surface area contributed by atoms with Crippen molar-refractivity contribution in [3.8, 4) is 0 Å². The SMILES string of the molecule is C=CC(=O)OCC(COCC(COC(=O)C=C)(COC(=O)C=C)COC(=O)NCC1(C)CC(NC(=O)CSc2nc(SCC(=O)O)[nH]c(=S)n2)CC(C)(C)C1)(COC(=O)C=C)COC(=O)C=C. The first-order valence-electron chi connectivity index (χ1n) is 20.2. The topological polar surface area (TPSA) is 287 Å². The molecule has 0 radical (unpaired) electrons. The molecule has 1 aliphatic carbocycles. The van der Waals surface area contributed by atoms with Crippen molar-refractivity contribution >= 4 is 83.6 Å². The molecule has 1 heterocycles. The molecule has 4 N–H and O–H groups in total. The van der Waals surface area contributed by atoms with Crippen LogP contribution in [0.5, 0.6) is 0 Å². The molecular weight excluding hydrogens is 939 g/mol. The van der Waals surface area contributed by atoms with E-state index in [1.165, 1.54) is 0 Å². The Morgan fingerprint density at radius 1 is 0.701 bits per heavy atom. The van der Waals surface area contributed by atoms with Crippen LogP contribution in [0.2, 0.25) is 0 Å². The van der Waals surface area contributed by atoms with E-state index in [1.54, 1.807) is 0 Å². The van der Waals surface area contributed by atoms with E-state index >= 15 is 0 Å². The summed E-state index contributed by atoms with van der Waals surface area (Å²) in [6.45, 7) is 18.7. The molecule has 2 amide bonds. The quantitative estimate of drug-likeness (QED) is 0.0280. The number of carbonyl (C=O) groups is 8. The van der Waals surface area contributed by atoms with Gasteiger partial charge >= 0.3 is 41.9 Å². The molecule has 1 aliphatic rings. The highest BCUT2D eigenvalue weighted by Crippen LogP contribution is 2.46. The van der Waals surface area contributed by atoms with Crippen LogP contribution < -0.4 is 10.6 Å². The molecule has 0 spiro atoms. The van der Waals surface area contributed by atoms with Crippen LogP contribution in [0.4, 0.5) is 4.79 Å². The summed E-state index contributed by atoms with van der Waals surface area (Å²) in [5, 5.41) is 15.3. The first-order valence-corrected chi connectivity index (χ1v) is 22.6. The van der Waals surface area contributed by atoms with Gasteiger partial charge in [-0.3, -0.25) is 9.59 Å². The van der Waals surface area contributed by atoms with Crippen LogP contribution >= 0.6 is 35.7 Å². The van der Waals surface area contributed by atoms with E-state index in [0.717, 1.165) is 53.9 Å². The minimum atomic E-state index is -1.63. The number of carboxylic acids is 1. The fraction of sp³-hybridized carbons (Fsp3) is 0.512. The minimum absolute atomic E-state index is 0.0506. The van der Waals surface area contributed by atoms with Crippen LogP contribution in [0.25, 0.3) is 0 Å². The Bertz CT molecular complexity index is 1990. The highest BCUT2D eigenvalue weighted by atomic mass is 32.2. The molecule has 24 heteroatoms. The van der Waals surface area contributed by atoms with E-state index in [-0.39, 0.29) is 50.5 Å². The number of nitrogens with zero attached hydrogens (tertiary/aromatic N) is 2. The molecule has 368 valence electrons. The summed E-state index contributed by atoms with van der Waals surface area (Å²) >= 11 is 7.10. The fourth-order valence-corrected chi connectivity index (χ4v) is 8.43. The molecule has 0 aromatic carbocycles. The molecular formula is C43H57N5O16S3. The average molecular weight is 996 g/mol. The predicted octanol–water partition coefficient (Wildman–Crippen LogP) is 3.87. The smallest absolute Gasteiger partial charge is 0.407 e. The Morgan fingerprint density at radius 2 is 1.15 bits per heavy atom. The second-order valence-electron chi connectivity index (χ2n) is 16.5. The van der Waals surface area contributed by atoms with Crippen LogP contribution in [0.15, 0.2) is 73.6 Å². The van der Waals surface area contributed by atoms with Crippen molar-refractivity contribution < 1.29 is 76.6 Å². The maximum absolute atomic E-state index is 13.5. The number of aromatic nitrogens is 3. The third-order valence-corrected chi connectivity index (χ3v) is 11.4. The number of thioether (sulfide) groups is 2. The number of nitrogens with one attached hydrogen (secondary N) is 3. The number of aromatic amines is 1. The number of amides is 2. The zero-order chi connectivity index (χ0) is 50.3. The molecule has 1 fully saturated rings. The largest absolute Gasteiger partial charge is 0.481 e. The van der Waals surface area contributed by atoms with Gasteiger partial charge in [-0.2, -0.15) is 9.97 Å². The molecule has 2 rings (SSSR count). The molecule has 2 atom stereocenters. The minimum Gasteiger partial charge on any atom is -0.481 e. The number of esters is 5. The number of ether oxygens (including phenoxy) is 7. The Balaban J connectivity index is 2.28. The zero-order valence-corrected chi connectivity index (χ0v) is 40.0. The number of rotatable bonds is 30. The highest BCUT2D eigenvalue weighted by Gasteiger charge is 2.43. The lowest BCUT2D eigenvalue weighted by Gasteiger charge is -2.46. The Hall–Kier alpha value is -5.85. The Kier molecular flexibility index (Phi) is 23.7. The lowest BCUT2D eigenvalue weighted by molar-refractivity contribution is -0.167. The Labute approximate surface area is 401 Å². The van der Waals surface area contributed by atoms with Crippen molar-refractivity contribution in [2.24, 2.45) is 21.7 Å². The van der Waals surface area contributed by atoms with Gasteiger partial charge in [-0.15, -0.1) is 0 Å². The number of aliphatic carboxylic acids is 1. The molecule has 1 aromatic heterocycles. The van der Waals surface area contributed by atoms with Gasteiger partial charge in [0.25, 0.3) is 0 Å².